The molecule has 0 saturated carbocycles. The van der Waals surface area contributed by atoms with Crippen LogP contribution < -0.4 is 20.1 Å². The van der Waals surface area contributed by atoms with Crippen molar-refractivity contribution < 1.29 is 33.6 Å². The number of hydrogen-bond acceptors (Lipinski definition) is 11. The number of fused-ring (bicyclic) bond motifs is 6. The fraction of sp³-hybridized carbons (Fsp3) is 0.535. The number of esters is 2. The average molecular weight is 733 g/mol. The molecular weight excluding hydrogens is 684 g/mol. The van der Waals surface area contributed by atoms with E-state index in [4.69, 9.17) is 18.9 Å². The number of carbonyl (C=O) groups excluding carboxylic acids is 2. The molecule has 11 heteroatoms. The van der Waals surface area contributed by atoms with Gasteiger partial charge in [0.25, 0.3) is 0 Å². The SMILES string of the molecule is CC[C@]12C=CCN3CC[C@]4(C(=C(C(=O)OC)C1)Nc1cc5c(cc14)[C@@H]1[C@H](O5)[C@@H](O)[C@@]4(CC)CC(C(=O)OC)=C5Nc6cc(OC)ccc6[C@@]56CCN1[C@@H]46)[C@@H]32. The topological polar surface area (TPSA) is 122 Å². The summed E-state index contributed by atoms with van der Waals surface area (Å²) in [6.45, 7) is 7.01. The molecule has 2 spiro atoms. The van der Waals surface area contributed by atoms with Crippen molar-refractivity contribution >= 4 is 23.3 Å². The summed E-state index contributed by atoms with van der Waals surface area (Å²) in [7, 11) is 4.59. The summed E-state index contributed by atoms with van der Waals surface area (Å²) in [5, 5.41) is 20.4. The van der Waals surface area contributed by atoms with Crippen LogP contribution >= 0.6 is 0 Å². The molecule has 2 aromatic rings. The van der Waals surface area contributed by atoms with E-state index in [-0.39, 0.29) is 35.5 Å². The van der Waals surface area contributed by atoms with Gasteiger partial charge in [-0.3, -0.25) is 9.80 Å². The quantitative estimate of drug-likeness (QED) is 0.282. The molecule has 0 amide bonds. The van der Waals surface area contributed by atoms with E-state index < -0.39 is 28.5 Å². The molecule has 0 aromatic heterocycles. The number of nitrogens with one attached hydrogen (secondary N) is 2. The molecule has 0 unspecified atom stereocenters. The van der Waals surface area contributed by atoms with Crippen LogP contribution in [0.1, 0.15) is 75.1 Å². The number of nitrogens with zero attached hydrogens (tertiary/aromatic N) is 2. The minimum atomic E-state index is -0.852. The summed E-state index contributed by atoms with van der Waals surface area (Å²) >= 11 is 0. The molecule has 282 valence electrons. The van der Waals surface area contributed by atoms with Gasteiger partial charge in [-0.2, -0.15) is 0 Å². The number of benzene rings is 2. The van der Waals surface area contributed by atoms with Gasteiger partial charge in [0.1, 0.15) is 23.7 Å². The van der Waals surface area contributed by atoms with Crippen molar-refractivity contribution in [2.24, 2.45) is 10.8 Å². The zero-order valence-electron chi connectivity index (χ0n) is 31.6. The lowest BCUT2D eigenvalue weighted by Gasteiger charge is -2.60. The van der Waals surface area contributed by atoms with Gasteiger partial charge in [0.15, 0.2) is 0 Å². The maximum atomic E-state index is 13.7. The van der Waals surface area contributed by atoms with Gasteiger partial charge in [0, 0.05) is 83.0 Å². The monoisotopic (exact) mass is 732 g/mol. The molecule has 3 N–H and O–H groups in total. The third-order valence-electron chi connectivity index (χ3n) is 15.8. The van der Waals surface area contributed by atoms with E-state index in [0.29, 0.717) is 24.8 Å². The Balaban J connectivity index is 1.10. The van der Waals surface area contributed by atoms with Crippen molar-refractivity contribution in [3.05, 3.63) is 81.7 Å². The summed E-state index contributed by atoms with van der Waals surface area (Å²) in [4.78, 5) is 32.6. The zero-order valence-corrected chi connectivity index (χ0v) is 31.6. The van der Waals surface area contributed by atoms with Crippen LogP contribution in [-0.4, -0.2) is 92.1 Å². The van der Waals surface area contributed by atoms with E-state index in [0.717, 1.165) is 89.9 Å². The highest BCUT2D eigenvalue weighted by Crippen LogP contribution is 2.71. The first-order valence-electron chi connectivity index (χ1n) is 19.7. The van der Waals surface area contributed by atoms with Crippen LogP contribution in [0.15, 0.2) is 65.0 Å². The highest BCUT2D eigenvalue weighted by Gasteiger charge is 2.74. The van der Waals surface area contributed by atoms with Crippen molar-refractivity contribution in [1.29, 1.82) is 0 Å². The molecule has 3 saturated heterocycles. The summed E-state index contributed by atoms with van der Waals surface area (Å²) in [6, 6.07) is 10.6. The lowest BCUT2D eigenvalue weighted by atomic mass is 9.51. The van der Waals surface area contributed by atoms with Crippen LogP contribution in [0, 0.1) is 10.8 Å². The second-order valence-electron chi connectivity index (χ2n) is 17.2. The standard InChI is InChI=1S/C43H48N4O7/c1-6-40-11-8-14-46-15-12-43(38(40)46)27-18-23-30(19-29(27)45-33(43)24(20-40)36(49)52-4)54-32-31(23)47-16-13-42-26-10-9-22(51-3)17-28(26)44-34(42)25(37(50)53-5)21-41(7-2,35(32)48)39(42)47/h8-11,17-19,31-32,35,38-39,44-45,48H,6-7,12-16,20-21H2,1-5H3/t31-,32+,35-,38+,39+,40+,41-,42+,43+/m1/s1. The molecule has 2 aromatic carbocycles. The number of aliphatic hydroxyl groups is 1. The van der Waals surface area contributed by atoms with Crippen LogP contribution in [0.25, 0.3) is 0 Å². The molecule has 0 radical (unpaired) electrons. The van der Waals surface area contributed by atoms with Crippen LogP contribution in [0.2, 0.25) is 0 Å². The fourth-order valence-corrected chi connectivity index (χ4v) is 13.8. The highest BCUT2D eigenvalue weighted by atomic mass is 16.5. The normalized spacial score (nSPS) is 38.5. The van der Waals surface area contributed by atoms with Crippen LogP contribution in [0.3, 0.4) is 0 Å². The number of ether oxygens (including phenoxy) is 4. The maximum Gasteiger partial charge on any atom is 0.335 e. The van der Waals surface area contributed by atoms with Gasteiger partial charge in [-0.15, -0.1) is 0 Å². The molecule has 0 bridgehead atoms. The Morgan fingerprint density at radius 2 is 1.59 bits per heavy atom. The molecule has 9 atom stereocenters. The van der Waals surface area contributed by atoms with Gasteiger partial charge in [-0.05, 0) is 61.8 Å². The van der Waals surface area contributed by atoms with Crippen LogP contribution in [-0.2, 0) is 29.9 Å². The van der Waals surface area contributed by atoms with E-state index in [1.54, 1.807) is 7.11 Å². The maximum absolute atomic E-state index is 13.7. The minimum Gasteiger partial charge on any atom is -0.497 e. The molecule has 2 aliphatic carbocycles. The van der Waals surface area contributed by atoms with E-state index in [2.05, 4.69) is 64.6 Å². The first kappa shape index (κ1) is 33.1. The van der Waals surface area contributed by atoms with Gasteiger partial charge in [-0.1, -0.05) is 32.1 Å². The van der Waals surface area contributed by atoms with Crippen molar-refractivity contribution in [1.82, 2.24) is 9.80 Å². The second-order valence-corrected chi connectivity index (χ2v) is 17.2. The number of rotatable bonds is 5. The summed E-state index contributed by atoms with van der Waals surface area (Å²) < 4.78 is 23.5. The van der Waals surface area contributed by atoms with E-state index >= 15 is 0 Å². The highest BCUT2D eigenvalue weighted by molar-refractivity contribution is 5.94. The van der Waals surface area contributed by atoms with Crippen LogP contribution in [0.5, 0.6) is 11.5 Å². The summed E-state index contributed by atoms with van der Waals surface area (Å²) in [5.41, 5.74) is 6.77. The second kappa shape index (κ2) is 10.7. The molecule has 11 nitrogen and oxygen atoms in total. The Labute approximate surface area is 315 Å². The Morgan fingerprint density at radius 1 is 0.889 bits per heavy atom. The van der Waals surface area contributed by atoms with Gasteiger partial charge in [-0.25, -0.2) is 9.59 Å². The molecule has 9 aliphatic rings. The zero-order chi connectivity index (χ0) is 37.1. The molecule has 11 rings (SSSR count). The van der Waals surface area contributed by atoms with Crippen molar-refractivity contribution in [3.8, 4) is 11.5 Å². The van der Waals surface area contributed by atoms with Gasteiger partial charge in [0.2, 0.25) is 0 Å². The third kappa shape index (κ3) is 3.52. The smallest absolute Gasteiger partial charge is 0.335 e. The van der Waals surface area contributed by atoms with Gasteiger partial charge >= 0.3 is 11.9 Å². The minimum absolute atomic E-state index is 0.106. The van der Waals surface area contributed by atoms with Crippen LogP contribution in [0.4, 0.5) is 11.4 Å². The third-order valence-corrected chi connectivity index (χ3v) is 15.8. The molecule has 7 heterocycles. The van der Waals surface area contributed by atoms with E-state index in [1.807, 2.05) is 12.1 Å². The predicted octanol–water partition coefficient (Wildman–Crippen LogP) is 5.07. The Kier molecular flexibility index (Phi) is 6.55. The number of methoxy groups -OCH3 is 3. The Hall–Kier alpha value is -4.32. The number of aliphatic hydroxyl groups excluding tert-OH is 1. The number of piperidine rings is 1. The van der Waals surface area contributed by atoms with E-state index in [9.17, 15) is 14.7 Å². The number of carbonyl (C=O) groups is 2. The number of anilines is 2. The molecule has 7 aliphatic heterocycles. The largest absolute Gasteiger partial charge is 0.497 e. The Morgan fingerprint density at radius 3 is 2.30 bits per heavy atom. The molecule has 54 heavy (non-hydrogen) atoms. The van der Waals surface area contributed by atoms with E-state index in [1.165, 1.54) is 19.8 Å². The lowest BCUT2D eigenvalue weighted by Crippen LogP contribution is -2.69. The first-order valence-corrected chi connectivity index (χ1v) is 19.7. The predicted molar refractivity (Wildman–Crippen MR) is 200 cm³/mol. The molecule has 3 fully saturated rings. The first-order chi connectivity index (χ1) is 26.2. The van der Waals surface area contributed by atoms with Crippen molar-refractivity contribution in [2.75, 3.05) is 51.6 Å². The lowest BCUT2D eigenvalue weighted by molar-refractivity contribution is -0.168. The van der Waals surface area contributed by atoms with Gasteiger partial charge < -0.3 is 34.7 Å². The van der Waals surface area contributed by atoms with Gasteiger partial charge in [0.05, 0.1) is 49.3 Å². The summed E-state index contributed by atoms with van der Waals surface area (Å²) in [6.07, 6.45) is 7.59. The number of hydrogen-bond donors (Lipinski definition) is 3. The van der Waals surface area contributed by atoms with Crippen molar-refractivity contribution in [3.63, 3.8) is 0 Å². The summed E-state index contributed by atoms with van der Waals surface area (Å²) in [5.74, 6) is 0.894. The Bertz CT molecular complexity index is 2180. The van der Waals surface area contributed by atoms with Crippen molar-refractivity contribution in [2.45, 2.75) is 93.5 Å². The fourth-order valence-electron chi connectivity index (χ4n) is 13.8. The average Bonchev–Trinajstić information content (AvgIpc) is 4.02. The molecular formula is C43H48N4O7.